The Labute approximate surface area is 192 Å². The first-order valence-electron chi connectivity index (χ1n) is 10.6. The second-order valence-corrected chi connectivity index (χ2v) is 8.09. The van der Waals surface area contributed by atoms with Gasteiger partial charge in [0.25, 0.3) is 11.7 Å². The number of hydrogen-bond acceptors (Lipinski definition) is 4. The highest BCUT2D eigenvalue weighted by Gasteiger charge is 2.47. The van der Waals surface area contributed by atoms with Crippen LogP contribution in [0, 0.1) is 17.5 Å². The molecule has 1 saturated heterocycles. The minimum atomic E-state index is -1.26. The van der Waals surface area contributed by atoms with Crippen molar-refractivity contribution in [1.82, 2.24) is 0 Å². The number of halogens is 3. The number of ether oxygens (including phenoxy) is 1. The summed E-state index contributed by atoms with van der Waals surface area (Å²) in [5.41, 5.74) is 0.779. The van der Waals surface area contributed by atoms with Crippen LogP contribution in [0.1, 0.15) is 29.2 Å². The van der Waals surface area contributed by atoms with E-state index in [4.69, 9.17) is 4.74 Å². The number of fused-ring (bicyclic) bond motifs is 1. The summed E-state index contributed by atoms with van der Waals surface area (Å²) in [4.78, 5) is 27.0. The lowest BCUT2D eigenvalue weighted by Gasteiger charge is -2.26. The van der Waals surface area contributed by atoms with Crippen molar-refractivity contribution < 1.29 is 32.6 Å². The van der Waals surface area contributed by atoms with Gasteiger partial charge in [0.15, 0.2) is 0 Å². The van der Waals surface area contributed by atoms with Crippen LogP contribution in [-0.2, 0) is 16.0 Å². The van der Waals surface area contributed by atoms with Gasteiger partial charge in [0.1, 0.15) is 29.0 Å². The molecule has 0 aromatic heterocycles. The molecule has 34 heavy (non-hydrogen) atoms. The minimum Gasteiger partial charge on any atom is -0.507 e. The van der Waals surface area contributed by atoms with Gasteiger partial charge in [-0.3, -0.25) is 14.5 Å². The molecule has 1 atom stereocenters. The van der Waals surface area contributed by atoms with E-state index in [1.807, 2.05) is 0 Å². The number of aliphatic hydroxyl groups excluding tert-OH is 1. The lowest BCUT2D eigenvalue weighted by atomic mass is 9.94. The standard InChI is InChI=1S/C26H18F3NO4/c27-17-6-3-14(4-7-17)23-22(24(31)16-5-10-21-15(12-16)2-1-11-34-21)25(32)26(33)30(23)20-9-8-18(28)13-19(20)29/h3-10,12-13,23,31H,1-2,11H2/b24-22-. The van der Waals surface area contributed by atoms with Crippen molar-refractivity contribution in [3.8, 4) is 5.75 Å². The topological polar surface area (TPSA) is 66.8 Å². The van der Waals surface area contributed by atoms with Gasteiger partial charge in [0.05, 0.1) is 23.9 Å². The van der Waals surface area contributed by atoms with Crippen LogP contribution in [0.15, 0.2) is 66.2 Å². The Morgan fingerprint density at radius 2 is 1.68 bits per heavy atom. The number of carbonyl (C=O) groups is 2. The van der Waals surface area contributed by atoms with Gasteiger partial charge in [0, 0.05) is 11.6 Å². The summed E-state index contributed by atoms with van der Waals surface area (Å²) < 4.78 is 47.4. The third-order valence-electron chi connectivity index (χ3n) is 5.98. The van der Waals surface area contributed by atoms with Crippen LogP contribution in [0.3, 0.4) is 0 Å². The van der Waals surface area contributed by atoms with E-state index in [-0.39, 0.29) is 22.4 Å². The van der Waals surface area contributed by atoms with E-state index in [0.717, 1.165) is 41.1 Å². The van der Waals surface area contributed by atoms with Gasteiger partial charge in [-0.25, -0.2) is 13.2 Å². The molecule has 172 valence electrons. The Balaban J connectivity index is 1.71. The van der Waals surface area contributed by atoms with E-state index in [9.17, 15) is 27.9 Å². The van der Waals surface area contributed by atoms with Crippen LogP contribution >= 0.6 is 0 Å². The first-order valence-corrected chi connectivity index (χ1v) is 10.6. The molecular weight excluding hydrogens is 447 g/mol. The summed E-state index contributed by atoms with van der Waals surface area (Å²) in [6.07, 6.45) is 1.51. The van der Waals surface area contributed by atoms with E-state index in [1.54, 1.807) is 18.2 Å². The molecule has 1 N–H and O–H groups in total. The fourth-order valence-electron chi connectivity index (χ4n) is 4.38. The monoisotopic (exact) mass is 465 g/mol. The number of aryl methyl sites for hydroxylation is 1. The van der Waals surface area contributed by atoms with E-state index in [1.165, 1.54) is 12.1 Å². The predicted molar refractivity (Wildman–Crippen MR) is 118 cm³/mol. The summed E-state index contributed by atoms with van der Waals surface area (Å²) in [5, 5.41) is 11.2. The van der Waals surface area contributed by atoms with Gasteiger partial charge < -0.3 is 9.84 Å². The molecule has 0 saturated carbocycles. The molecule has 2 aliphatic rings. The number of Topliss-reactive ketones (excluding diaryl/α,β-unsaturated/α-hetero) is 1. The highest BCUT2D eigenvalue weighted by atomic mass is 19.1. The Bertz CT molecular complexity index is 1350. The molecule has 5 nitrogen and oxygen atoms in total. The Kier molecular flexibility index (Phi) is 5.36. The molecule has 1 amide bonds. The predicted octanol–water partition coefficient (Wildman–Crippen LogP) is 5.06. The Hall–Kier alpha value is -4.07. The van der Waals surface area contributed by atoms with Gasteiger partial charge in [-0.05, 0) is 66.4 Å². The molecular formula is C26H18F3NO4. The zero-order chi connectivity index (χ0) is 24.0. The zero-order valence-corrected chi connectivity index (χ0v) is 17.7. The van der Waals surface area contributed by atoms with Crippen molar-refractivity contribution >= 4 is 23.1 Å². The number of hydrogen-bond donors (Lipinski definition) is 1. The van der Waals surface area contributed by atoms with Crippen molar-refractivity contribution in [2.24, 2.45) is 0 Å². The highest BCUT2D eigenvalue weighted by molar-refractivity contribution is 6.51. The third-order valence-corrected chi connectivity index (χ3v) is 5.98. The largest absolute Gasteiger partial charge is 0.507 e. The summed E-state index contributed by atoms with van der Waals surface area (Å²) in [5.74, 6) is -4.37. The molecule has 8 heteroatoms. The maximum Gasteiger partial charge on any atom is 0.300 e. The molecule has 0 aliphatic carbocycles. The van der Waals surface area contributed by atoms with Crippen molar-refractivity contribution in [2.45, 2.75) is 18.9 Å². The fraction of sp³-hybridized carbons (Fsp3) is 0.154. The number of benzene rings is 3. The van der Waals surface area contributed by atoms with Crippen molar-refractivity contribution in [2.75, 3.05) is 11.5 Å². The SMILES string of the molecule is O=C1C(=O)N(c2ccc(F)cc2F)C(c2ccc(F)cc2)/C1=C(/O)c1ccc2c(c1)CCCO2. The molecule has 1 fully saturated rings. The molecule has 2 aliphatic heterocycles. The van der Waals surface area contributed by atoms with E-state index in [0.29, 0.717) is 24.8 Å². The maximum atomic E-state index is 14.7. The second kappa shape index (κ2) is 8.37. The van der Waals surface area contributed by atoms with E-state index in [2.05, 4.69) is 0 Å². The van der Waals surface area contributed by atoms with Crippen molar-refractivity contribution in [1.29, 1.82) is 0 Å². The summed E-state index contributed by atoms with van der Waals surface area (Å²) >= 11 is 0. The smallest absolute Gasteiger partial charge is 0.300 e. The molecule has 5 rings (SSSR count). The number of anilines is 1. The molecule has 0 bridgehead atoms. The molecule has 3 aromatic rings. The highest BCUT2D eigenvalue weighted by Crippen LogP contribution is 2.43. The van der Waals surface area contributed by atoms with Gasteiger partial charge in [-0.15, -0.1) is 0 Å². The van der Waals surface area contributed by atoms with Crippen LogP contribution in [-0.4, -0.2) is 23.4 Å². The number of rotatable bonds is 3. The molecule has 1 unspecified atom stereocenters. The van der Waals surface area contributed by atoms with Gasteiger partial charge in [0.2, 0.25) is 0 Å². The zero-order valence-electron chi connectivity index (χ0n) is 17.7. The van der Waals surface area contributed by atoms with Gasteiger partial charge in [-0.2, -0.15) is 0 Å². The van der Waals surface area contributed by atoms with Crippen LogP contribution in [0.2, 0.25) is 0 Å². The van der Waals surface area contributed by atoms with E-state index < -0.39 is 40.9 Å². The maximum absolute atomic E-state index is 14.7. The number of aliphatic hydroxyl groups is 1. The molecule has 2 heterocycles. The fourth-order valence-corrected chi connectivity index (χ4v) is 4.38. The van der Waals surface area contributed by atoms with Crippen LogP contribution < -0.4 is 9.64 Å². The quantitative estimate of drug-likeness (QED) is 0.334. The number of carbonyl (C=O) groups excluding carboxylic acids is 2. The lowest BCUT2D eigenvalue weighted by molar-refractivity contribution is -0.132. The first kappa shape index (κ1) is 21.8. The second-order valence-electron chi connectivity index (χ2n) is 8.09. The lowest BCUT2D eigenvalue weighted by Crippen LogP contribution is -2.30. The van der Waals surface area contributed by atoms with Gasteiger partial charge >= 0.3 is 0 Å². The summed E-state index contributed by atoms with van der Waals surface area (Å²) in [6, 6.07) is 11.2. The Morgan fingerprint density at radius 1 is 0.941 bits per heavy atom. The third kappa shape index (κ3) is 3.61. The van der Waals surface area contributed by atoms with Crippen LogP contribution in [0.25, 0.3) is 5.76 Å². The average Bonchev–Trinajstić information content (AvgIpc) is 3.09. The van der Waals surface area contributed by atoms with Crippen molar-refractivity contribution in [3.63, 3.8) is 0 Å². The molecule has 0 spiro atoms. The molecule has 3 aromatic carbocycles. The number of nitrogens with zero attached hydrogens (tertiary/aromatic N) is 1. The number of ketones is 1. The van der Waals surface area contributed by atoms with E-state index >= 15 is 0 Å². The van der Waals surface area contributed by atoms with Gasteiger partial charge in [-0.1, -0.05) is 12.1 Å². The van der Waals surface area contributed by atoms with Crippen molar-refractivity contribution in [3.05, 3.63) is 100 Å². The minimum absolute atomic E-state index is 0.271. The summed E-state index contributed by atoms with van der Waals surface area (Å²) in [7, 11) is 0. The summed E-state index contributed by atoms with van der Waals surface area (Å²) in [6.45, 7) is 0.581. The average molecular weight is 465 g/mol. The Morgan fingerprint density at radius 3 is 2.41 bits per heavy atom. The number of amides is 1. The molecule has 0 radical (unpaired) electrons. The normalized spacial score (nSPS) is 19.1. The first-order chi connectivity index (χ1) is 16.3. The van der Waals surface area contributed by atoms with Crippen LogP contribution in [0.5, 0.6) is 5.75 Å². The van der Waals surface area contributed by atoms with Crippen LogP contribution in [0.4, 0.5) is 18.9 Å².